The third kappa shape index (κ3) is 3.02. The van der Waals surface area contributed by atoms with Gasteiger partial charge in [0.1, 0.15) is 16.8 Å². The van der Waals surface area contributed by atoms with Crippen molar-refractivity contribution in [3.05, 3.63) is 16.5 Å². The van der Waals surface area contributed by atoms with Crippen molar-refractivity contribution in [3.63, 3.8) is 0 Å². The van der Waals surface area contributed by atoms with Crippen LogP contribution in [0.2, 0.25) is 5.15 Å². The fraction of sp³-hybridized carbons (Fsp3) is 0.733. The Balaban J connectivity index is 2.15. The molecule has 0 unspecified atom stereocenters. The molecule has 1 aromatic rings. The van der Waals surface area contributed by atoms with Gasteiger partial charge in [-0.1, -0.05) is 38.8 Å². The normalized spacial score (nSPS) is 17.4. The van der Waals surface area contributed by atoms with Gasteiger partial charge < -0.3 is 5.32 Å². The molecule has 0 amide bonds. The highest BCUT2D eigenvalue weighted by molar-refractivity contribution is 6.30. The summed E-state index contributed by atoms with van der Waals surface area (Å²) in [4.78, 5) is 8.97. The van der Waals surface area contributed by atoms with Crippen LogP contribution in [0.25, 0.3) is 0 Å². The van der Waals surface area contributed by atoms with Gasteiger partial charge in [0.25, 0.3) is 0 Å². The summed E-state index contributed by atoms with van der Waals surface area (Å²) in [5, 5.41) is 4.08. The monoisotopic (exact) mass is 281 g/mol. The standard InChI is InChI=1S/C15H24ClN3/c1-5-15(7-6-8-15)9-17-14-11(4)12(16)18-13(19-14)10(2)3/h10H,5-9H2,1-4H3,(H,17,18,19). The number of rotatable bonds is 5. The molecule has 1 aromatic heterocycles. The van der Waals surface area contributed by atoms with Gasteiger partial charge in [0, 0.05) is 18.0 Å². The van der Waals surface area contributed by atoms with Crippen molar-refractivity contribution < 1.29 is 0 Å². The number of hydrogen-bond acceptors (Lipinski definition) is 3. The summed E-state index contributed by atoms with van der Waals surface area (Å²) in [7, 11) is 0. The molecule has 2 rings (SSSR count). The third-order valence-corrected chi connectivity index (χ3v) is 4.78. The van der Waals surface area contributed by atoms with E-state index in [0.717, 1.165) is 23.8 Å². The maximum absolute atomic E-state index is 6.20. The van der Waals surface area contributed by atoms with Crippen LogP contribution < -0.4 is 5.32 Å². The van der Waals surface area contributed by atoms with Crippen molar-refractivity contribution in [2.45, 2.75) is 59.3 Å². The Kier molecular flexibility index (Phi) is 4.34. The lowest BCUT2D eigenvalue weighted by molar-refractivity contribution is 0.145. The lowest BCUT2D eigenvalue weighted by Crippen LogP contribution is -2.36. The number of hydrogen-bond donors (Lipinski definition) is 1. The van der Waals surface area contributed by atoms with E-state index in [1.54, 1.807) is 0 Å². The van der Waals surface area contributed by atoms with Crippen LogP contribution in [0.3, 0.4) is 0 Å². The lowest BCUT2D eigenvalue weighted by Gasteiger charge is -2.41. The van der Waals surface area contributed by atoms with E-state index in [1.807, 2.05) is 6.92 Å². The highest BCUT2D eigenvalue weighted by Gasteiger charge is 2.34. The summed E-state index contributed by atoms with van der Waals surface area (Å²) in [5.41, 5.74) is 1.43. The van der Waals surface area contributed by atoms with E-state index in [1.165, 1.54) is 25.7 Å². The highest BCUT2D eigenvalue weighted by Crippen LogP contribution is 2.43. The largest absolute Gasteiger partial charge is 0.369 e. The summed E-state index contributed by atoms with van der Waals surface area (Å²) in [5.74, 6) is 2.02. The summed E-state index contributed by atoms with van der Waals surface area (Å²) >= 11 is 6.20. The van der Waals surface area contributed by atoms with E-state index in [0.29, 0.717) is 16.5 Å². The van der Waals surface area contributed by atoms with Crippen LogP contribution in [0.5, 0.6) is 0 Å². The predicted octanol–water partition coefficient (Wildman–Crippen LogP) is 4.55. The Bertz CT molecular complexity index is 447. The molecule has 1 fully saturated rings. The summed E-state index contributed by atoms with van der Waals surface area (Å²) in [6.45, 7) is 9.43. The Morgan fingerprint density at radius 2 is 2.00 bits per heavy atom. The van der Waals surface area contributed by atoms with E-state index < -0.39 is 0 Å². The van der Waals surface area contributed by atoms with Crippen molar-refractivity contribution in [3.8, 4) is 0 Å². The van der Waals surface area contributed by atoms with Gasteiger partial charge in [0.15, 0.2) is 0 Å². The first-order valence-corrected chi connectivity index (χ1v) is 7.63. The van der Waals surface area contributed by atoms with E-state index in [2.05, 4.69) is 36.1 Å². The van der Waals surface area contributed by atoms with E-state index in [-0.39, 0.29) is 0 Å². The smallest absolute Gasteiger partial charge is 0.137 e. The van der Waals surface area contributed by atoms with Crippen LogP contribution in [0, 0.1) is 12.3 Å². The molecule has 0 spiro atoms. The molecule has 0 bridgehead atoms. The van der Waals surface area contributed by atoms with Crippen LogP contribution >= 0.6 is 11.6 Å². The molecule has 0 radical (unpaired) electrons. The quantitative estimate of drug-likeness (QED) is 0.805. The predicted molar refractivity (Wildman–Crippen MR) is 80.9 cm³/mol. The van der Waals surface area contributed by atoms with Crippen LogP contribution in [-0.2, 0) is 0 Å². The molecule has 3 nitrogen and oxygen atoms in total. The number of anilines is 1. The van der Waals surface area contributed by atoms with Gasteiger partial charge >= 0.3 is 0 Å². The van der Waals surface area contributed by atoms with Crippen molar-refractivity contribution in [1.29, 1.82) is 0 Å². The Labute approximate surface area is 121 Å². The van der Waals surface area contributed by atoms with Gasteiger partial charge in [-0.15, -0.1) is 0 Å². The zero-order chi connectivity index (χ0) is 14.0. The van der Waals surface area contributed by atoms with Crippen LogP contribution in [-0.4, -0.2) is 16.5 Å². The average Bonchev–Trinajstić information content (AvgIpc) is 2.32. The molecular formula is C15H24ClN3. The average molecular weight is 282 g/mol. The van der Waals surface area contributed by atoms with Gasteiger partial charge in [-0.25, -0.2) is 9.97 Å². The first-order valence-electron chi connectivity index (χ1n) is 7.25. The van der Waals surface area contributed by atoms with Crippen LogP contribution in [0.4, 0.5) is 5.82 Å². The molecule has 1 heterocycles. The number of aromatic nitrogens is 2. The fourth-order valence-corrected chi connectivity index (χ4v) is 2.72. The zero-order valence-corrected chi connectivity index (χ0v) is 13.1. The Hall–Kier alpha value is -0.830. The molecule has 1 N–H and O–H groups in total. The fourth-order valence-electron chi connectivity index (χ4n) is 2.54. The molecule has 106 valence electrons. The highest BCUT2D eigenvalue weighted by atomic mass is 35.5. The summed E-state index contributed by atoms with van der Waals surface area (Å²) in [6.07, 6.45) is 5.24. The molecule has 1 aliphatic carbocycles. The Morgan fingerprint density at radius 3 is 2.47 bits per heavy atom. The molecular weight excluding hydrogens is 258 g/mol. The summed E-state index contributed by atoms with van der Waals surface area (Å²) in [6, 6.07) is 0. The van der Waals surface area contributed by atoms with Crippen molar-refractivity contribution in [2.75, 3.05) is 11.9 Å². The minimum Gasteiger partial charge on any atom is -0.369 e. The van der Waals surface area contributed by atoms with Gasteiger partial charge in [-0.05, 0) is 31.6 Å². The van der Waals surface area contributed by atoms with Crippen molar-refractivity contribution in [1.82, 2.24) is 9.97 Å². The summed E-state index contributed by atoms with van der Waals surface area (Å²) < 4.78 is 0. The Morgan fingerprint density at radius 1 is 1.32 bits per heavy atom. The second-order valence-electron chi connectivity index (χ2n) is 6.06. The molecule has 0 aromatic carbocycles. The molecule has 19 heavy (non-hydrogen) atoms. The third-order valence-electron chi connectivity index (χ3n) is 4.42. The second kappa shape index (κ2) is 5.66. The molecule has 0 saturated heterocycles. The van der Waals surface area contributed by atoms with Gasteiger partial charge in [0.2, 0.25) is 0 Å². The zero-order valence-electron chi connectivity index (χ0n) is 12.4. The van der Waals surface area contributed by atoms with Crippen LogP contribution in [0.15, 0.2) is 0 Å². The van der Waals surface area contributed by atoms with E-state index in [9.17, 15) is 0 Å². The maximum Gasteiger partial charge on any atom is 0.137 e. The molecule has 0 aliphatic heterocycles. The first kappa shape index (κ1) is 14.6. The second-order valence-corrected chi connectivity index (χ2v) is 6.42. The van der Waals surface area contributed by atoms with Gasteiger partial charge in [-0.2, -0.15) is 0 Å². The lowest BCUT2D eigenvalue weighted by atomic mass is 9.67. The topological polar surface area (TPSA) is 37.8 Å². The van der Waals surface area contributed by atoms with Crippen molar-refractivity contribution >= 4 is 17.4 Å². The van der Waals surface area contributed by atoms with Crippen molar-refractivity contribution in [2.24, 2.45) is 5.41 Å². The van der Waals surface area contributed by atoms with E-state index >= 15 is 0 Å². The molecule has 0 atom stereocenters. The van der Waals surface area contributed by atoms with Gasteiger partial charge in [0.05, 0.1) is 0 Å². The molecule has 4 heteroatoms. The van der Waals surface area contributed by atoms with Gasteiger partial charge in [-0.3, -0.25) is 0 Å². The number of nitrogens with one attached hydrogen (secondary N) is 1. The number of halogens is 1. The number of nitrogens with zero attached hydrogens (tertiary/aromatic N) is 2. The van der Waals surface area contributed by atoms with E-state index in [4.69, 9.17) is 11.6 Å². The maximum atomic E-state index is 6.20. The molecule has 1 saturated carbocycles. The first-order chi connectivity index (χ1) is 8.97. The SMILES string of the molecule is CCC1(CNc2nc(C(C)C)nc(Cl)c2C)CCC1. The van der Waals surface area contributed by atoms with Crippen LogP contribution in [0.1, 0.15) is 63.8 Å². The minimum atomic E-state index is 0.294. The molecule has 1 aliphatic rings. The minimum absolute atomic E-state index is 0.294.